The lowest BCUT2D eigenvalue weighted by Gasteiger charge is -2.19. The van der Waals surface area contributed by atoms with E-state index in [4.69, 9.17) is 0 Å². The molecule has 0 aliphatic heterocycles. The minimum atomic E-state index is -0.296. The fourth-order valence-electron chi connectivity index (χ4n) is 1.63. The third-order valence-electron chi connectivity index (χ3n) is 2.31. The van der Waals surface area contributed by atoms with Crippen molar-refractivity contribution in [1.29, 1.82) is 0 Å². The number of carbonyl (C=O) groups excluding carboxylic acids is 2. The molecule has 0 aromatic carbocycles. The van der Waals surface area contributed by atoms with Gasteiger partial charge in [0.25, 0.3) is 0 Å². The maximum absolute atomic E-state index is 11.9. The van der Waals surface area contributed by atoms with Gasteiger partial charge >= 0.3 is 0 Å². The van der Waals surface area contributed by atoms with E-state index in [-0.39, 0.29) is 29.9 Å². The Bertz CT molecular complexity index is 265. The SMILES string of the molecule is CCNC(CCC(=O)NC(C)C)C(=O)NC(C)C. The summed E-state index contributed by atoms with van der Waals surface area (Å²) in [4.78, 5) is 23.4. The van der Waals surface area contributed by atoms with Gasteiger partial charge in [0.05, 0.1) is 6.04 Å². The molecule has 0 spiro atoms. The average Bonchev–Trinajstić information content (AvgIpc) is 2.21. The maximum Gasteiger partial charge on any atom is 0.237 e. The monoisotopic (exact) mass is 257 g/mol. The van der Waals surface area contributed by atoms with Crippen molar-refractivity contribution >= 4 is 11.8 Å². The molecule has 0 aromatic rings. The molecule has 2 amide bonds. The fourth-order valence-corrected chi connectivity index (χ4v) is 1.63. The standard InChI is InChI=1S/C13H27N3O2/c1-6-14-11(13(18)16-10(4)5)7-8-12(17)15-9(2)3/h9-11,14H,6-8H2,1-5H3,(H,15,17)(H,16,18). The molecule has 0 aliphatic rings. The molecule has 0 fully saturated rings. The van der Waals surface area contributed by atoms with E-state index in [1.54, 1.807) is 0 Å². The van der Waals surface area contributed by atoms with Gasteiger partial charge in [0, 0.05) is 18.5 Å². The van der Waals surface area contributed by atoms with E-state index in [0.29, 0.717) is 19.4 Å². The minimum absolute atomic E-state index is 0.00903. The molecule has 0 saturated heterocycles. The van der Waals surface area contributed by atoms with Crippen LogP contribution < -0.4 is 16.0 Å². The van der Waals surface area contributed by atoms with Gasteiger partial charge in [-0.1, -0.05) is 6.92 Å². The summed E-state index contributed by atoms with van der Waals surface area (Å²) in [7, 11) is 0. The lowest BCUT2D eigenvalue weighted by molar-refractivity contribution is -0.124. The van der Waals surface area contributed by atoms with Crippen LogP contribution >= 0.6 is 0 Å². The third-order valence-corrected chi connectivity index (χ3v) is 2.31. The number of rotatable bonds is 8. The highest BCUT2D eigenvalue weighted by atomic mass is 16.2. The Morgan fingerprint density at radius 2 is 1.56 bits per heavy atom. The molecule has 1 unspecified atom stereocenters. The van der Waals surface area contributed by atoms with Crippen LogP contribution in [0.15, 0.2) is 0 Å². The molecule has 0 heterocycles. The van der Waals surface area contributed by atoms with Crippen molar-refractivity contribution in [2.45, 2.75) is 65.6 Å². The molecular weight excluding hydrogens is 230 g/mol. The number of amides is 2. The Labute approximate surface area is 110 Å². The first-order valence-electron chi connectivity index (χ1n) is 6.69. The van der Waals surface area contributed by atoms with Crippen molar-refractivity contribution in [1.82, 2.24) is 16.0 Å². The first-order valence-corrected chi connectivity index (χ1v) is 6.69. The molecule has 0 aromatic heterocycles. The van der Waals surface area contributed by atoms with Gasteiger partial charge in [0.15, 0.2) is 0 Å². The molecule has 3 N–H and O–H groups in total. The number of hydrogen-bond donors (Lipinski definition) is 3. The molecule has 0 radical (unpaired) electrons. The van der Waals surface area contributed by atoms with Gasteiger partial charge in [-0.15, -0.1) is 0 Å². The third kappa shape index (κ3) is 8.06. The summed E-state index contributed by atoms with van der Waals surface area (Å²) in [6.07, 6.45) is 0.881. The molecule has 5 heteroatoms. The van der Waals surface area contributed by atoms with E-state index in [1.165, 1.54) is 0 Å². The number of hydrogen-bond acceptors (Lipinski definition) is 3. The fraction of sp³-hybridized carbons (Fsp3) is 0.846. The summed E-state index contributed by atoms with van der Waals surface area (Å²) in [5.74, 6) is -0.0468. The van der Waals surface area contributed by atoms with Crippen LogP contribution in [-0.4, -0.2) is 36.5 Å². The highest BCUT2D eigenvalue weighted by Crippen LogP contribution is 1.99. The van der Waals surface area contributed by atoms with Crippen molar-refractivity contribution < 1.29 is 9.59 Å². The zero-order valence-electron chi connectivity index (χ0n) is 12.2. The summed E-state index contributed by atoms with van der Waals surface area (Å²) in [6.45, 7) is 10.3. The molecule has 0 saturated carbocycles. The molecule has 0 bridgehead atoms. The maximum atomic E-state index is 11.9. The molecular formula is C13H27N3O2. The van der Waals surface area contributed by atoms with E-state index < -0.39 is 0 Å². The molecule has 0 rings (SSSR count). The van der Waals surface area contributed by atoms with Crippen LogP contribution in [0.5, 0.6) is 0 Å². The van der Waals surface area contributed by atoms with Crippen LogP contribution in [0.1, 0.15) is 47.5 Å². The Balaban J connectivity index is 4.18. The highest BCUT2D eigenvalue weighted by molar-refractivity contribution is 5.83. The van der Waals surface area contributed by atoms with Crippen molar-refractivity contribution in [3.05, 3.63) is 0 Å². The van der Waals surface area contributed by atoms with Gasteiger partial charge in [0.1, 0.15) is 0 Å². The van der Waals surface area contributed by atoms with Crippen LogP contribution in [0, 0.1) is 0 Å². The Hall–Kier alpha value is -1.10. The zero-order chi connectivity index (χ0) is 14.1. The van der Waals surface area contributed by atoms with Gasteiger partial charge in [-0.2, -0.15) is 0 Å². The number of likely N-dealkylation sites (N-methyl/N-ethyl adjacent to an activating group) is 1. The summed E-state index contributed by atoms with van der Waals surface area (Å²) in [5, 5.41) is 8.78. The van der Waals surface area contributed by atoms with E-state index in [1.807, 2.05) is 34.6 Å². The Morgan fingerprint density at radius 3 is 2.00 bits per heavy atom. The van der Waals surface area contributed by atoms with Crippen LogP contribution in [0.2, 0.25) is 0 Å². The summed E-state index contributed by atoms with van der Waals surface area (Å²) >= 11 is 0. The second kappa shape index (κ2) is 8.91. The second-order valence-electron chi connectivity index (χ2n) is 5.03. The van der Waals surface area contributed by atoms with Gasteiger partial charge in [-0.05, 0) is 40.7 Å². The topological polar surface area (TPSA) is 70.2 Å². The summed E-state index contributed by atoms with van der Waals surface area (Å²) in [6, 6.07) is -0.0435. The summed E-state index contributed by atoms with van der Waals surface area (Å²) in [5.41, 5.74) is 0. The average molecular weight is 257 g/mol. The van der Waals surface area contributed by atoms with Crippen molar-refractivity contribution in [2.75, 3.05) is 6.54 Å². The predicted molar refractivity (Wildman–Crippen MR) is 73.3 cm³/mol. The predicted octanol–water partition coefficient (Wildman–Crippen LogP) is 0.794. The van der Waals surface area contributed by atoms with E-state index >= 15 is 0 Å². The van der Waals surface area contributed by atoms with Crippen molar-refractivity contribution in [3.63, 3.8) is 0 Å². The molecule has 18 heavy (non-hydrogen) atoms. The van der Waals surface area contributed by atoms with E-state index in [9.17, 15) is 9.59 Å². The highest BCUT2D eigenvalue weighted by Gasteiger charge is 2.19. The molecule has 1 atom stereocenters. The number of carbonyl (C=O) groups is 2. The minimum Gasteiger partial charge on any atom is -0.354 e. The largest absolute Gasteiger partial charge is 0.354 e. The smallest absolute Gasteiger partial charge is 0.237 e. The van der Waals surface area contributed by atoms with Gasteiger partial charge in [0.2, 0.25) is 11.8 Å². The van der Waals surface area contributed by atoms with Crippen LogP contribution in [0.25, 0.3) is 0 Å². The first-order chi connectivity index (χ1) is 8.36. The van der Waals surface area contributed by atoms with Gasteiger partial charge in [-0.3, -0.25) is 9.59 Å². The van der Waals surface area contributed by atoms with Crippen molar-refractivity contribution in [2.24, 2.45) is 0 Å². The Kier molecular flexibility index (Phi) is 8.37. The van der Waals surface area contributed by atoms with Crippen LogP contribution in [0.3, 0.4) is 0 Å². The molecule has 106 valence electrons. The van der Waals surface area contributed by atoms with Gasteiger partial charge < -0.3 is 16.0 Å². The number of nitrogens with one attached hydrogen (secondary N) is 3. The van der Waals surface area contributed by atoms with Crippen LogP contribution in [-0.2, 0) is 9.59 Å². The Morgan fingerprint density at radius 1 is 1.00 bits per heavy atom. The molecule has 0 aliphatic carbocycles. The van der Waals surface area contributed by atoms with Gasteiger partial charge in [-0.25, -0.2) is 0 Å². The van der Waals surface area contributed by atoms with Crippen molar-refractivity contribution in [3.8, 4) is 0 Å². The van der Waals surface area contributed by atoms with E-state index in [2.05, 4.69) is 16.0 Å². The second-order valence-corrected chi connectivity index (χ2v) is 5.03. The lowest BCUT2D eigenvalue weighted by atomic mass is 10.1. The molecule has 5 nitrogen and oxygen atoms in total. The normalized spacial score (nSPS) is 12.6. The quantitative estimate of drug-likeness (QED) is 0.602. The first kappa shape index (κ1) is 16.9. The summed E-state index contributed by atoms with van der Waals surface area (Å²) < 4.78 is 0. The zero-order valence-corrected chi connectivity index (χ0v) is 12.2. The lowest BCUT2D eigenvalue weighted by Crippen LogP contribution is -2.47. The van der Waals surface area contributed by atoms with E-state index in [0.717, 1.165) is 0 Å². The van der Waals surface area contributed by atoms with Crippen LogP contribution in [0.4, 0.5) is 0 Å².